The van der Waals surface area contributed by atoms with E-state index in [2.05, 4.69) is 15.4 Å². The molecule has 0 atom stereocenters. The van der Waals surface area contributed by atoms with Gasteiger partial charge in [-0.05, 0) is 13.1 Å². The molecule has 0 saturated heterocycles. The van der Waals surface area contributed by atoms with Crippen LogP contribution in [-0.2, 0) is 12.7 Å². The van der Waals surface area contributed by atoms with E-state index in [-0.39, 0.29) is 0 Å². The summed E-state index contributed by atoms with van der Waals surface area (Å²) in [6, 6.07) is 0.941. The fraction of sp³-hybridized carbons (Fsp3) is 0.273. The highest BCUT2D eigenvalue weighted by Gasteiger charge is 2.34. The number of hydrogen-bond acceptors (Lipinski definition) is 4. The summed E-state index contributed by atoms with van der Waals surface area (Å²) in [4.78, 5) is 5.05. The van der Waals surface area contributed by atoms with E-state index in [1.165, 1.54) is 17.5 Å². The van der Waals surface area contributed by atoms with Crippen LogP contribution in [0.3, 0.4) is 0 Å². The fourth-order valence-corrected chi connectivity index (χ4v) is 2.66. The summed E-state index contributed by atoms with van der Waals surface area (Å²) in [6.07, 6.45) is -1.35. The Bertz CT molecular complexity index is 739. The molecule has 0 unspecified atom stereocenters. The third-order valence-electron chi connectivity index (χ3n) is 2.78. The number of halogens is 3. The summed E-state index contributed by atoms with van der Waals surface area (Å²) in [5, 5.41) is 8.41. The molecular weight excluding hydrogens is 291 g/mol. The monoisotopic (exact) mass is 301 g/mol. The Kier molecular flexibility index (Phi) is 3.02. The van der Waals surface area contributed by atoms with Crippen molar-refractivity contribution in [3.63, 3.8) is 0 Å². The van der Waals surface area contributed by atoms with Crippen LogP contribution in [0.2, 0.25) is 0 Å². The van der Waals surface area contributed by atoms with Crippen molar-refractivity contribution in [2.75, 3.05) is 7.05 Å². The van der Waals surface area contributed by atoms with E-state index in [0.717, 1.165) is 16.4 Å². The molecule has 0 aliphatic rings. The van der Waals surface area contributed by atoms with Gasteiger partial charge in [-0.25, -0.2) is 4.68 Å². The number of hydrogen-bond donors (Lipinski definition) is 1. The third-order valence-corrected chi connectivity index (χ3v) is 3.54. The van der Waals surface area contributed by atoms with Gasteiger partial charge in [-0.15, -0.1) is 11.3 Å². The predicted octanol–water partition coefficient (Wildman–Crippen LogP) is 2.32. The maximum atomic E-state index is 12.6. The highest BCUT2D eigenvalue weighted by molar-refractivity contribution is 7.15. The molecule has 9 heteroatoms. The first-order valence-electron chi connectivity index (χ1n) is 5.73. The Hall–Kier alpha value is -1.87. The molecule has 0 aliphatic heterocycles. The molecule has 3 rings (SSSR count). The predicted molar refractivity (Wildman–Crippen MR) is 68.0 cm³/mol. The second kappa shape index (κ2) is 4.60. The van der Waals surface area contributed by atoms with Gasteiger partial charge >= 0.3 is 6.18 Å². The average Bonchev–Trinajstić information content (AvgIpc) is 3.03. The van der Waals surface area contributed by atoms with Gasteiger partial charge < -0.3 is 5.32 Å². The fourth-order valence-electron chi connectivity index (χ4n) is 1.93. The zero-order chi connectivity index (χ0) is 14.3. The highest BCUT2D eigenvalue weighted by Crippen LogP contribution is 2.28. The molecular formula is C11H10F3N5S. The number of imidazole rings is 1. The Balaban J connectivity index is 2.11. The quantitative estimate of drug-likeness (QED) is 0.807. The largest absolute Gasteiger partial charge is 0.435 e. The van der Waals surface area contributed by atoms with Crippen LogP contribution >= 0.6 is 11.3 Å². The zero-order valence-electron chi connectivity index (χ0n) is 10.3. The van der Waals surface area contributed by atoms with Gasteiger partial charge in [-0.3, -0.25) is 4.40 Å². The number of aromatic nitrogens is 4. The summed E-state index contributed by atoms with van der Waals surface area (Å²) in [5.41, 5.74) is -0.162. The van der Waals surface area contributed by atoms with Gasteiger partial charge in [-0.2, -0.15) is 23.3 Å². The van der Waals surface area contributed by atoms with Gasteiger partial charge in [0, 0.05) is 24.3 Å². The summed E-state index contributed by atoms with van der Waals surface area (Å²) in [7, 11) is 1.76. The van der Waals surface area contributed by atoms with E-state index in [1.54, 1.807) is 7.05 Å². The van der Waals surface area contributed by atoms with Crippen LogP contribution in [0.25, 0.3) is 10.8 Å². The Labute approximate surface area is 115 Å². The summed E-state index contributed by atoms with van der Waals surface area (Å²) in [5.74, 6) is 0.404. The van der Waals surface area contributed by atoms with Crippen LogP contribution in [0.15, 0.2) is 23.8 Å². The molecule has 0 aromatic carbocycles. The van der Waals surface area contributed by atoms with E-state index >= 15 is 0 Å². The van der Waals surface area contributed by atoms with Crippen LogP contribution in [0, 0.1) is 0 Å². The minimum absolute atomic E-state index is 0.404. The van der Waals surface area contributed by atoms with Crippen LogP contribution in [0.4, 0.5) is 13.2 Å². The number of nitrogens with zero attached hydrogens (tertiary/aromatic N) is 4. The molecule has 0 spiro atoms. The molecule has 20 heavy (non-hydrogen) atoms. The molecule has 0 aliphatic carbocycles. The number of fused-ring (bicyclic) bond motifs is 1. The van der Waals surface area contributed by atoms with E-state index < -0.39 is 11.9 Å². The van der Waals surface area contributed by atoms with Crippen molar-refractivity contribution in [3.05, 3.63) is 35.2 Å². The molecule has 106 valence electrons. The molecule has 3 aromatic rings. The average molecular weight is 301 g/mol. The van der Waals surface area contributed by atoms with Gasteiger partial charge in [0.1, 0.15) is 0 Å². The standard InChI is InChI=1S/C11H10F3N5S/c1-15-6-7-9(16-10-18(7)4-5-20-10)19-3-2-8(17-19)11(12,13)14/h2-5,15H,6H2,1H3. The summed E-state index contributed by atoms with van der Waals surface area (Å²) < 4.78 is 40.8. The van der Waals surface area contributed by atoms with Crippen LogP contribution in [-0.4, -0.2) is 26.2 Å². The van der Waals surface area contributed by atoms with E-state index in [1.807, 2.05) is 16.0 Å². The van der Waals surface area contributed by atoms with E-state index in [4.69, 9.17) is 0 Å². The van der Waals surface area contributed by atoms with Gasteiger partial charge in [0.25, 0.3) is 0 Å². The van der Waals surface area contributed by atoms with Crippen molar-refractivity contribution < 1.29 is 13.2 Å². The first kappa shape index (κ1) is 13.1. The van der Waals surface area contributed by atoms with Crippen molar-refractivity contribution >= 4 is 16.3 Å². The Morgan fingerprint density at radius 3 is 2.80 bits per heavy atom. The maximum absolute atomic E-state index is 12.6. The first-order chi connectivity index (χ1) is 9.50. The minimum atomic E-state index is -4.45. The van der Waals surface area contributed by atoms with Crippen LogP contribution in [0.1, 0.15) is 11.4 Å². The van der Waals surface area contributed by atoms with Gasteiger partial charge in [0.2, 0.25) is 0 Å². The third kappa shape index (κ3) is 2.08. The van der Waals surface area contributed by atoms with Crippen molar-refractivity contribution in [3.8, 4) is 5.82 Å². The molecule has 3 aromatic heterocycles. The Morgan fingerprint density at radius 1 is 1.35 bits per heavy atom. The lowest BCUT2D eigenvalue weighted by molar-refractivity contribution is -0.141. The molecule has 1 N–H and O–H groups in total. The second-order valence-corrected chi connectivity index (χ2v) is 4.98. The first-order valence-corrected chi connectivity index (χ1v) is 6.61. The Morgan fingerprint density at radius 2 is 2.15 bits per heavy atom. The zero-order valence-corrected chi connectivity index (χ0v) is 11.2. The lowest BCUT2D eigenvalue weighted by Gasteiger charge is -2.04. The number of rotatable bonds is 3. The summed E-state index contributed by atoms with van der Waals surface area (Å²) in [6.45, 7) is 0.481. The van der Waals surface area contributed by atoms with E-state index in [9.17, 15) is 13.2 Å². The molecule has 0 radical (unpaired) electrons. The number of nitrogens with one attached hydrogen (secondary N) is 1. The number of alkyl halides is 3. The maximum Gasteiger partial charge on any atom is 0.435 e. The van der Waals surface area contributed by atoms with Crippen LogP contribution in [0.5, 0.6) is 0 Å². The number of thiazole rings is 1. The van der Waals surface area contributed by atoms with Crippen molar-refractivity contribution in [2.45, 2.75) is 12.7 Å². The normalized spacial score (nSPS) is 12.4. The van der Waals surface area contributed by atoms with Gasteiger partial charge in [0.05, 0.1) is 5.69 Å². The molecule has 0 fully saturated rings. The molecule has 0 amide bonds. The highest BCUT2D eigenvalue weighted by atomic mass is 32.1. The van der Waals surface area contributed by atoms with Gasteiger partial charge in [-0.1, -0.05) is 0 Å². The smallest absolute Gasteiger partial charge is 0.314 e. The van der Waals surface area contributed by atoms with Crippen molar-refractivity contribution in [1.29, 1.82) is 0 Å². The van der Waals surface area contributed by atoms with Crippen molar-refractivity contribution in [2.24, 2.45) is 0 Å². The topological polar surface area (TPSA) is 47.2 Å². The van der Waals surface area contributed by atoms with E-state index in [0.29, 0.717) is 17.3 Å². The lowest BCUT2D eigenvalue weighted by atomic mass is 10.4. The lowest BCUT2D eigenvalue weighted by Crippen LogP contribution is -2.12. The van der Waals surface area contributed by atoms with Gasteiger partial charge in [0.15, 0.2) is 16.5 Å². The molecule has 5 nitrogen and oxygen atoms in total. The minimum Gasteiger partial charge on any atom is -0.314 e. The van der Waals surface area contributed by atoms with Crippen LogP contribution < -0.4 is 5.32 Å². The van der Waals surface area contributed by atoms with Crippen molar-refractivity contribution in [1.82, 2.24) is 24.5 Å². The summed E-state index contributed by atoms with van der Waals surface area (Å²) >= 11 is 1.42. The molecule has 0 saturated carbocycles. The SMILES string of the molecule is CNCc1c(-n2ccc(C(F)(F)F)n2)nc2sccn12. The molecule has 0 bridgehead atoms. The second-order valence-electron chi connectivity index (χ2n) is 4.11. The molecule has 3 heterocycles.